The molecule has 2 amide bonds. The van der Waals surface area contributed by atoms with Crippen LogP contribution >= 0.6 is 0 Å². The Hall–Kier alpha value is -3.06. The first-order valence-electron chi connectivity index (χ1n) is 9.69. The highest BCUT2D eigenvalue weighted by Crippen LogP contribution is 2.34. The van der Waals surface area contributed by atoms with Crippen molar-refractivity contribution in [3.63, 3.8) is 0 Å². The predicted molar refractivity (Wildman–Crippen MR) is 112 cm³/mol. The number of nitrogens with two attached hydrogens (primary N) is 1. The van der Waals surface area contributed by atoms with Gasteiger partial charge in [0.25, 0.3) is 5.91 Å². The zero-order valence-corrected chi connectivity index (χ0v) is 16.8. The van der Waals surface area contributed by atoms with Gasteiger partial charge >= 0.3 is 0 Å². The number of methoxy groups -OCH3 is 1. The van der Waals surface area contributed by atoms with Crippen molar-refractivity contribution in [1.82, 2.24) is 5.32 Å². The van der Waals surface area contributed by atoms with Gasteiger partial charge in [0.1, 0.15) is 11.5 Å². The third-order valence-electron chi connectivity index (χ3n) is 5.08. The van der Waals surface area contributed by atoms with Gasteiger partial charge in [0, 0.05) is 31.6 Å². The molecule has 1 atom stereocenters. The third kappa shape index (κ3) is 4.68. The number of nitrogens with one attached hydrogen (secondary N) is 1. The molecule has 2 aromatic carbocycles. The van der Waals surface area contributed by atoms with Gasteiger partial charge in [-0.15, -0.1) is 0 Å². The van der Waals surface area contributed by atoms with Crippen LogP contribution in [0.5, 0.6) is 11.5 Å². The van der Waals surface area contributed by atoms with E-state index in [1.165, 1.54) is 0 Å². The van der Waals surface area contributed by atoms with Crippen LogP contribution in [0.15, 0.2) is 42.5 Å². The normalized spacial score (nSPS) is 15.6. The Balaban J connectivity index is 1.75. The van der Waals surface area contributed by atoms with Gasteiger partial charge in [0.2, 0.25) is 5.91 Å². The Morgan fingerprint density at radius 1 is 1.28 bits per heavy atom. The number of carbonyl (C=O) groups excluding carboxylic acids is 2. The maximum Gasteiger partial charge on any atom is 0.255 e. The van der Waals surface area contributed by atoms with E-state index in [0.29, 0.717) is 49.6 Å². The molecule has 1 unspecified atom stereocenters. The van der Waals surface area contributed by atoms with Crippen LogP contribution in [0.2, 0.25) is 0 Å². The van der Waals surface area contributed by atoms with Gasteiger partial charge in [0.15, 0.2) is 0 Å². The molecule has 29 heavy (non-hydrogen) atoms. The first-order valence-corrected chi connectivity index (χ1v) is 9.69. The fourth-order valence-corrected chi connectivity index (χ4v) is 3.43. The second-order valence-electron chi connectivity index (χ2n) is 6.98. The number of carbonyl (C=O) groups is 2. The average molecular weight is 397 g/mol. The molecule has 0 saturated carbocycles. The molecule has 2 aromatic rings. The number of fused-ring (bicyclic) bond motifs is 1. The fraction of sp³-hybridized carbons (Fsp3) is 0.364. The number of hydrogen-bond donors (Lipinski definition) is 2. The van der Waals surface area contributed by atoms with Crippen molar-refractivity contribution in [3.05, 3.63) is 53.6 Å². The monoisotopic (exact) mass is 397 g/mol. The van der Waals surface area contributed by atoms with E-state index in [9.17, 15) is 9.59 Å². The fourth-order valence-electron chi connectivity index (χ4n) is 3.43. The van der Waals surface area contributed by atoms with E-state index in [2.05, 4.69) is 5.32 Å². The average Bonchev–Trinajstić information content (AvgIpc) is 2.75. The molecule has 0 fully saturated rings. The van der Waals surface area contributed by atoms with Crippen LogP contribution in [0, 0.1) is 0 Å². The summed E-state index contributed by atoms with van der Waals surface area (Å²) < 4.78 is 11.0. The number of amides is 2. The van der Waals surface area contributed by atoms with Crippen LogP contribution < -0.4 is 25.4 Å². The molecule has 0 spiro atoms. The van der Waals surface area contributed by atoms with Gasteiger partial charge in [-0.2, -0.15) is 0 Å². The summed E-state index contributed by atoms with van der Waals surface area (Å²) in [5.74, 6) is 0.745. The molecule has 0 aromatic heterocycles. The van der Waals surface area contributed by atoms with E-state index in [1.807, 2.05) is 24.3 Å². The van der Waals surface area contributed by atoms with Gasteiger partial charge in [-0.1, -0.05) is 18.2 Å². The lowest BCUT2D eigenvalue weighted by atomic mass is 9.89. The standard InChI is InChI=1S/C22H27N3O4/c1-25-19-7-4-3-6-17(19)15(12-21(25)26)14-24-22(27)18-13-16(28-2)8-9-20(18)29-11-5-10-23/h3-4,6-9,13,15H,5,10-12,14,23H2,1-2H3,(H,24,27). The lowest BCUT2D eigenvalue weighted by Gasteiger charge is -2.31. The smallest absolute Gasteiger partial charge is 0.255 e. The first kappa shape index (κ1) is 20.7. The van der Waals surface area contributed by atoms with Crippen molar-refractivity contribution in [2.75, 3.05) is 38.8 Å². The molecule has 7 heteroatoms. The Labute approximate surface area is 170 Å². The highest BCUT2D eigenvalue weighted by molar-refractivity contribution is 5.98. The molecule has 154 valence electrons. The SMILES string of the molecule is COc1ccc(OCCCN)c(C(=O)NCC2CC(=O)N(C)c3ccccc32)c1. The van der Waals surface area contributed by atoms with Crippen LogP contribution in [0.1, 0.15) is 34.7 Å². The van der Waals surface area contributed by atoms with Crippen LogP contribution in [0.3, 0.4) is 0 Å². The first-order chi connectivity index (χ1) is 14.0. The molecule has 0 radical (unpaired) electrons. The van der Waals surface area contributed by atoms with Crippen molar-refractivity contribution in [2.45, 2.75) is 18.8 Å². The number of benzene rings is 2. The molecule has 1 heterocycles. The van der Waals surface area contributed by atoms with Crippen molar-refractivity contribution in [3.8, 4) is 11.5 Å². The highest BCUT2D eigenvalue weighted by atomic mass is 16.5. The molecule has 0 bridgehead atoms. The summed E-state index contributed by atoms with van der Waals surface area (Å²) in [6, 6.07) is 12.9. The van der Waals surface area contributed by atoms with Gasteiger partial charge in [-0.25, -0.2) is 0 Å². The molecular weight excluding hydrogens is 370 g/mol. The zero-order chi connectivity index (χ0) is 20.8. The quantitative estimate of drug-likeness (QED) is 0.667. The molecule has 1 aliphatic heterocycles. The summed E-state index contributed by atoms with van der Waals surface area (Å²) in [7, 11) is 3.32. The molecule has 3 N–H and O–H groups in total. The minimum Gasteiger partial charge on any atom is -0.497 e. The summed E-state index contributed by atoms with van der Waals surface area (Å²) in [6.07, 6.45) is 1.05. The topological polar surface area (TPSA) is 93.9 Å². The van der Waals surface area contributed by atoms with Crippen molar-refractivity contribution in [1.29, 1.82) is 0 Å². The van der Waals surface area contributed by atoms with Gasteiger partial charge < -0.3 is 25.4 Å². The van der Waals surface area contributed by atoms with Crippen molar-refractivity contribution in [2.24, 2.45) is 5.73 Å². The molecule has 3 rings (SSSR count). The van der Waals surface area contributed by atoms with E-state index >= 15 is 0 Å². The Bertz CT molecular complexity index is 884. The number of hydrogen-bond acceptors (Lipinski definition) is 5. The largest absolute Gasteiger partial charge is 0.497 e. The maximum absolute atomic E-state index is 12.9. The Kier molecular flexibility index (Phi) is 6.72. The molecule has 7 nitrogen and oxygen atoms in total. The number of rotatable bonds is 8. The van der Waals surface area contributed by atoms with E-state index in [4.69, 9.17) is 15.2 Å². The number of para-hydroxylation sites is 1. The molecule has 0 aliphatic carbocycles. The molecule has 0 saturated heterocycles. The maximum atomic E-state index is 12.9. The summed E-state index contributed by atoms with van der Waals surface area (Å²) in [4.78, 5) is 26.9. The molecular formula is C22H27N3O4. The Morgan fingerprint density at radius 3 is 2.83 bits per heavy atom. The van der Waals surface area contributed by atoms with Gasteiger partial charge in [0.05, 0.1) is 19.3 Å². The minimum absolute atomic E-state index is 0.0372. The summed E-state index contributed by atoms with van der Waals surface area (Å²) in [5.41, 5.74) is 7.85. The van der Waals surface area contributed by atoms with Crippen LogP contribution in [0.4, 0.5) is 5.69 Å². The summed E-state index contributed by atoms with van der Waals surface area (Å²) in [6.45, 7) is 1.30. The highest BCUT2D eigenvalue weighted by Gasteiger charge is 2.29. The van der Waals surface area contributed by atoms with Crippen LogP contribution in [0.25, 0.3) is 0 Å². The second-order valence-corrected chi connectivity index (χ2v) is 6.98. The van der Waals surface area contributed by atoms with Crippen molar-refractivity contribution >= 4 is 17.5 Å². The Morgan fingerprint density at radius 2 is 2.07 bits per heavy atom. The lowest BCUT2D eigenvalue weighted by molar-refractivity contribution is -0.119. The number of nitrogens with zero attached hydrogens (tertiary/aromatic N) is 1. The summed E-state index contributed by atoms with van der Waals surface area (Å²) in [5, 5.41) is 2.96. The van der Waals surface area contributed by atoms with E-state index in [0.717, 1.165) is 11.3 Å². The molecule has 1 aliphatic rings. The van der Waals surface area contributed by atoms with E-state index in [-0.39, 0.29) is 17.7 Å². The minimum atomic E-state index is -0.268. The summed E-state index contributed by atoms with van der Waals surface area (Å²) >= 11 is 0. The van der Waals surface area contributed by atoms with E-state index in [1.54, 1.807) is 37.3 Å². The van der Waals surface area contributed by atoms with Crippen LogP contribution in [-0.2, 0) is 4.79 Å². The number of ether oxygens (including phenoxy) is 2. The van der Waals surface area contributed by atoms with Crippen LogP contribution in [-0.4, -0.2) is 45.7 Å². The van der Waals surface area contributed by atoms with Gasteiger partial charge in [-0.3, -0.25) is 9.59 Å². The van der Waals surface area contributed by atoms with E-state index < -0.39 is 0 Å². The predicted octanol–water partition coefficient (Wildman–Crippen LogP) is 2.30. The zero-order valence-electron chi connectivity index (χ0n) is 16.8. The second kappa shape index (κ2) is 9.43. The van der Waals surface area contributed by atoms with Crippen molar-refractivity contribution < 1.29 is 19.1 Å². The van der Waals surface area contributed by atoms with Gasteiger partial charge in [-0.05, 0) is 42.8 Å². The lowest BCUT2D eigenvalue weighted by Crippen LogP contribution is -2.37. The third-order valence-corrected chi connectivity index (χ3v) is 5.08. The number of anilines is 1.